The fourth-order valence-corrected chi connectivity index (χ4v) is 2.88. The van der Waals surface area contributed by atoms with E-state index in [4.69, 9.17) is 9.47 Å². The molecule has 0 saturated carbocycles. The van der Waals surface area contributed by atoms with Crippen molar-refractivity contribution in [3.8, 4) is 11.5 Å². The fourth-order valence-electron chi connectivity index (χ4n) is 2.88. The quantitative estimate of drug-likeness (QED) is 0.720. The van der Waals surface area contributed by atoms with Gasteiger partial charge in [0.1, 0.15) is 11.5 Å². The van der Waals surface area contributed by atoms with E-state index in [-0.39, 0.29) is 5.91 Å². The molecule has 0 radical (unpaired) electrons. The van der Waals surface area contributed by atoms with Gasteiger partial charge in [0.15, 0.2) is 0 Å². The number of benzene rings is 2. The Balaban J connectivity index is 1.54. The molecule has 3 aromatic rings. The van der Waals surface area contributed by atoms with E-state index in [1.807, 2.05) is 48.7 Å². The second-order valence-corrected chi connectivity index (χ2v) is 5.78. The lowest BCUT2D eigenvalue weighted by Crippen LogP contribution is -2.28. The van der Waals surface area contributed by atoms with Crippen LogP contribution in [-0.4, -0.2) is 31.2 Å². The van der Waals surface area contributed by atoms with Crippen LogP contribution >= 0.6 is 0 Å². The number of fused-ring (bicyclic) bond motifs is 1. The Labute approximate surface area is 147 Å². The Morgan fingerprint density at radius 2 is 1.84 bits per heavy atom. The number of amides is 1. The van der Waals surface area contributed by atoms with E-state index < -0.39 is 0 Å². The minimum Gasteiger partial charge on any atom is -0.497 e. The van der Waals surface area contributed by atoms with Gasteiger partial charge in [-0.1, -0.05) is 18.2 Å². The largest absolute Gasteiger partial charge is 0.497 e. The van der Waals surface area contributed by atoms with Crippen molar-refractivity contribution in [3.05, 3.63) is 60.3 Å². The maximum Gasteiger partial charge on any atom is 0.224 e. The number of carbonyl (C=O) groups is 1. The lowest BCUT2D eigenvalue weighted by Gasteiger charge is -2.09. The first-order valence-corrected chi connectivity index (χ1v) is 8.22. The van der Waals surface area contributed by atoms with Crippen molar-refractivity contribution in [2.45, 2.75) is 13.0 Å². The molecular formula is C20H22N2O3. The number of hydrogen-bond acceptors (Lipinski definition) is 3. The SMILES string of the molecule is COc1ccc(CC(=O)NCCn2ccc3c(OC)cccc32)cc1. The topological polar surface area (TPSA) is 52.5 Å². The number of carbonyl (C=O) groups excluding carboxylic acids is 1. The Morgan fingerprint density at radius 3 is 2.56 bits per heavy atom. The molecule has 1 N–H and O–H groups in total. The number of nitrogens with one attached hydrogen (secondary N) is 1. The van der Waals surface area contributed by atoms with Crippen LogP contribution in [0.1, 0.15) is 5.56 Å². The van der Waals surface area contributed by atoms with Crippen molar-refractivity contribution in [3.63, 3.8) is 0 Å². The van der Waals surface area contributed by atoms with Crippen LogP contribution in [0.5, 0.6) is 11.5 Å². The smallest absolute Gasteiger partial charge is 0.224 e. The summed E-state index contributed by atoms with van der Waals surface area (Å²) in [6.07, 6.45) is 2.38. The lowest BCUT2D eigenvalue weighted by atomic mass is 10.1. The van der Waals surface area contributed by atoms with Gasteiger partial charge >= 0.3 is 0 Å². The minimum atomic E-state index is 0.0132. The number of hydrogen-bond donors (Lipinski definition) is 1. The normalized spacial score (nSPS) is 10.6. The van der Waals surface area contributed by atoms with Crippen LogP contribution in [0.25, 0.3) is 10.9 Å². The van der Waals surface area contributed by atoms with Gasteiger partial charge in [0.05, 0.1) is 26.2 Å². The van der Waals surface area contributed by atoms with Crippen molar-refractivity contribution in [2.75, 3.05) is 20.8 Å². The molecule has 1 aromatic heterocycles. The molecule has 5 nitrogen and oxygen atoms in total. The Kier molecular flexibility index (Phi) is 5.23. The van der Waals surface area contributed by atoms with Crippen molar-refractivity contribution < 1.29 is 14.3 Å². The van der Waals surface area contributed by atoms with Gasteiger partial charge in [-0.05, 0) is 35.9 Å². The van der Waals surface area contributed by atoms with E-state index in [2.05, 4.69) is 16.0 Å². The molecule has 0 saturated heterocycles. The molecule has 0 atom stereocenters. The summed E-state index contributed by atoms with van der Waals surface area (Å²) < 4.78 is 12.6. The van der Waals surface area contributed by atoms with E-state index in [9.17, 15) is 4.79 Å². The monoisotopic (exact) mass is 338 g/mol. The Morgan fingerprint density at radius 1 is 1.04 bits per heavy atom. The third-order valence-electron chi connectivity index (χ3n) is 4.19. The van der Waals surface area contributed by atoms with E-state index >= 15 is 0 Å². The summed E-state index contributed by atoms with van der Waals surface area (Å²) in [7, 11) is 3.30. The van der Waals surface area contributed by atoms with Crippen molar-refractivity contribution in [1.29, 1.82) is 0 Å². The molecule has 0 aliphatic carbocycles. The highest BCUT2D eigenvalue weighted by molar-refractivity contribution is 5.86. The second-order valence-electron chi connectivity index (χ2n) is 5.78. The van der Waals surface area contributed by atoms with Gasteiger partial charge in [0.2, 0.25) is 5.91 Å². The predicted molar refractivity (Wildman–Crippen MR) is 98.2 cm³/mol. The minimum absolute atomic E-state index is 0.0132. The lowest BCUT2D eigenvalue weighted by molar-refractivity contribution is -0.120. The molecule has 3 rings (SSSR count). The molecule has 0 spiro atoms. The molecule has 0 aliphatic rings. The fraction of sp³-hybridized carbons (Fsp3) is 0.250. The predicted octanol–water partition coefficient (Wildman–Crippen LogP) is 3.02. The van der Waals surface area contributed by atoms with E-state index in [0.29, 0.717) is 19.5 Å². The van der Waals surface area contributed by atoms with Gasteiger partial charge in [0.25, 0.3) is 0 Å². The maximum absolute atomic E-state index is 12.1. The molecule has 0 aliphatic heterocycles. The molecule has 0 unspecified atom stereocenters. The molecule has 0 fully saturated rings. The molecule has 25 heavy (non-hydrogen) atoms. The highest BCUT2D eigenvalue weighted by atomic mass is 16.5. The maximum atomic E-state index is 12.1. The second kappa shape index (κ2) is 7.75. The standard InChI is InChI=1S/C20H22N2O3/c1-24-16-8-6-15(7-9-16)14-20(23)21-11-13-22-12-10-17-18(22)4-3-5-19(17)25-2/h3-10,12H,11,13-14H2,1-2H3,(H,21,23). The summed E-state index contributed by atoms with van der Waals surface area (Å²) in [6.45, 7) is 1.29. The summed E-state index contributed by atoms with van der Waals surface area (Å²) in [6, 6.07) is 15.5. The van der Waals surface area contributed by atoms with Crippen LogP contribution in [0.2, 0.25) is 0 Å². The van der Waals surface area contributed by atoms with Gasteiger partial charge in [-0.3, -0.25) is 4.79 Å². The summed E-state index contributed by atoms with van der Waals surface area (Å²) >= 11 is 0. The third kappa shape index (κ3) is 3.94. The first kappa shape index (κ1) is 16.9. The zero-order valence-electron chi connectivity index (χ0n) is 14.5. The summed E-state index contributed by atoms with van der Waals surface area (Å²) in [4.78, 5) is 12.1. The first-order valence-electron chi connectivity index (χ1n) is 8.22. The number of rotatable bonds is 7. The zero-order valence-corrected chi connectivity index (χ0v) is 14.5. The molecular weight excluding hydrogens is 316 g/mol. The van der Waals surface area contributed by atoms with Gasteiger partial charge in [-0.25, -0.2) is 0 Å². The van der Waals surface area contributed by atoms with Crippen LogP contribution in [0, 0.1) is 0 Å². The molecule has 5 heteroatoms. The van der Waals surface area contributed by atoms with Crippen LogP contribution < -0.4 is 14.8 Å². The summed E-state index contributed by atoms with van der Waals surface area (Å²) in [5.41, 5.74) is 2.07. The molecule has 2 aromatic carbocycles. The zero-order chi connectivity index (χ0) is 17.6. The average molecular weight is 338 g/mol. The average Bonchev–Trinajstić information content (AvgIpc) is 3.05. The van der Waals surface area contributed by atoms with Gasteiger partial charge in [0, 0.05) is 24.7 Å². The van der Waals surface area contributed by atoms with Crippen molar-refractivity contribution in [2.24, 2.45) is 0 Å². The van der Waals surface area contributed by atoms with Crippen LogP contribution in [0.4, 0.5) is 0 Å². The first-order chi connectivity index (χ1) is 12.2. The molecule has 1 heterocycles. The number of nitrogens with zero attached hydrogens (tertiary/aromatic N) is 1. The van der Waals surface area contributed by atoms with Crippen molar-refractivity contribution in [1.82, 2.24) is 9.88 Å². The Bertz CT molecular complexity index is 853. The summed E-state index contributed by atoms with van der Waals surface area (Å²) in [5, 5.41) is 4.05. The number of ether oxygens (including phenoxy) is 2. The highest BCUT2D eigenvalue weighted by Crippen LogP contribution is 2.25. The van der Waals surface area contributed by atoms with E-state index in [1.165, 1.54) is 0 Å². The third-order valence-corrected chi connectivity index (χ3v) is 4.19. The number of methoxy groups -OCH3 is 2. The van der Waals surface area contributed by atoms with Gasteiger partial charge < -0.3 is 19.4 Å². The van der Waals surface area contributed by atoms with Crippen LogP contribution in [0.15, 0.2) is 54.7 Å². The number of aromatic nitrogens is 1. The Hall–Kier alpha value is -2.95. The summed E-state index contributed by atoms with van der Waals surface area (Å²) in [5.74, 6) is 1.66. The van der Waals surface area contributed by atoms with Gasteiger partial charge in [-0.2, -0.15) is 0 Å². The molecule has 1 amide bonds. The van der Waals surface area contributed by atoms with E-state index in [0.717, 1.165) is 28.0 Å². The van der Waals surface area contributed by atoms with Crippen LogP contribution in [0.3, 0.4) is 0 Å². The van der Waals surface area contributed by atoms with Crippen LogP contribution in [-0.2, 0) is 17.8 Å². The molecule has 0 bridgehead atoms. The van der Waals surface area contributed by atoms with Gasteiger partial charge in [-0.15, -0.1) is 0 Å². The van der Waals surface area contributed by atoms with E-state index in [1.54, 1.807) is 14.2 Å². The molecule has 130 valence electrons. The van der Waals surface area contributed by atoms with Crippen molar-refractivity contribution >= 4 is 16.8 Å². The highest BCUT2D eigenvalue weighted by Gasteiger charge is 2.07.